The number of hydrogen-bond donors (Lipinski definition) is 0. The highest BCUT2D eigenvalue weighted by Gasteiger charge is 2.17. The van der Waals surface area contributed by atoms with Crippen molar-refractivity contribution in [2.75, 3.05) is 19.1 Å². The molecule has 1 aromatic heterocycles. The third kappa shape index (κ3) is 2.22. The first-order valence-corrected chi connectivity index (χ1v) is 6.62. The first-order valence-electron chi connectivity index (χ1n) is 5.11. The monoisotopic (exact) mass is 367 g/mol. The van der Waals surface area contributed by atoms with Gasteiger partial charge in [-0.05, 0) is 35.6 Å². The third-order valence-electron chi connectivity index (χ3n) is 2.45. The summed E-state index contributed by atoms with van der Waals surface area (Å²) in [6, 6.07) is 3.22. The zero-order valence-electron chi connectivity index (χ0n) is 9.71. The molecule has 0 radical (unpaired) electrons. The first-order chi connectivity index (χ1) is 7.91. The summed E-state index contributed by atoms with van der Waals surface area (Å²) in [5.74, 6) is 0.475. The van der Waals surface area contributed by atoms with Crippen LogP contribution >= 0.6 is 34.2 Å². The number of fused-ring (bicyclic) bond motifs is 1. The number of hydrogen-bond acceptors (Lipinski definition) is 2. The molecule has 0 fully saturated rings. The predicted octanol–water partition coefficient (Wildman–Crippen LogP) is 3.28. The van der Waals surface area contributed by atoms with E-state index in [0.717, 1.165) is 11.0 Å². The van der Waals surface area contributed by atoms with E-state index in [0.29, 0.717) is 9.39 Å². The fraction of sp³-hybridized carbons (Fsp3) is 0.364. The van der Waals surface area contributed by atoms with Crippen molar-refractivity contribution in [1.82, 2.24) is 9.66 Å². The summed E-state index contributed by atoms with van der Waals surface area (Å²) in [5.41, 5.74) is 1.49. The van der Waals surface area contributed by atoms with Crippen molar-refractivity contribution in [1.29, 1.82) is 0 Å². The predicted molar refractivity (Wildman–Crippen MR) is 76.7 cm³/mol. The number of benzene rings is 1. The van der Waals surface area contributed by atoms with Crippen LogP contribution < -0.4 is 5.01 Å². The maximum Gasteiger partial charge on any atom is 0.146 e. The van der Waals surface area contributed by atoms with Crippen LogP contribution in [0.2, 0.25) is 0 Å². The summed E-state index contributed by atoms with van der Waals surface area (Å²) < 4.78 is 16.0. The van der Waals surface area contributed by atoms with Gasteiger partial charge in [0.05, 0.1) is 20.0 Å². The van der Waals surface area contributed by atoms with Gasteiger partial charge in [0.15, 0.2) is 0 Å². The zero-order chi connectivity index (χ0) is 12.7. The lowest BCUT2D eigenvalue weighted by atomic mass is 10.3. The molecule has 1 aromatic carbocycles. The minimum absolute atomic E-state index is 0.231. The Morgan fingerprint density at radius 3 is 2.65 bits per heavy atom. The molecule has 92 valence electrons. The van der Waals surface area contributed by atoms with Crippen LogP contribution in [-0.2, 0) is 0 Å². The quantitative estimate of drug-likeness (QED) is 0.600. The molecule has 2 rings (SSSR count). The van der Waals surface area contributed by atoms with E-state index in [-0.39, 0.29) is 11.2 Å². The molecule has 0 aliphatic carbocycles. The summed E-state index contributed by atoms with van der Waals surface area (Å²) in [4.78, 5) is 4.45. The fourth-order valence-corrected chi connectivity index (χ4v) is 2.35. The van der Waals surface area contributed by atoms with Crippen LogP contribution in [0.3, 0.4) is 0 Å². The minimum Gasteiger partial charge on any atom is -0.317 e. The number of aromatic nitrogens is 2. The molecule has 1 unspecified atom stereocenters. The molecule has 0 aliphatic heterocycles. The van der Waals surface area contributed by atoms with Gasteiger partial charge in [-0.15, -0.1) is 11.6 Å². The van der Waals surface area contributed by atoms with Crippen molar-refractivity contribution in [3.8, 4) is 0 Å². The number of nitrogens with zero attached hydrogens (tertiary/aromatic N) is 3. The Morgan fingerprint density at radius 2 is 2.12 bits per heavy atom. The molecule has 0 N–H and O–H groups in total. The van der Waals surface area contributed by atoms with Gasteiger partial charge in [-0.3, -0.25) is 0 Å². The molecular weight excluding hydrogens is 355 g/mol. The standard InChI is InChI=1S/C11H12ClFIN3/c1-6(12)11-15-9-5-8(14)7(13)4-10(9)17(11)16(2)3/h4-6H,1-3H3. The van der Waals surface area contributed by atoms with Gasteiger partial charge in [-0.1, -0.05) is 0 Å². The van der Waals surface area contributed by atoms with E-state index in [2.05, 4.69) is 4.98 Å². The molecule has 0 bridgehead atoms. The summed E-state index contributed by atoms with van der Waals surface area (Å²) in [5, 5.41) is 1.61. The molecule has 6 heteroatoms. The molecule has 0 saturated carbocycles. The normalized spacial score (nSPS) is 13.1. The van der Waals surface area contributed by atoms with E-state index in [1.165, 1.54) is 6.07 Å². The number of alkyl halides is 1. The lowest BCUT2D eigenvalue weighted by Crippen LogP contribution is -2.27. The van der Waals surface area contributed by atoms with Crippen LogP contribution in [0.15, 0.2) is 12.1 Å². The number of imidazole rings is 1. The highest BCUT2D eigenvalue weighted by atomic mass is 127. The highest BCUT2D eigenvalue weighted by molar-refractivity contribution is 14.1. The summed E-state index contributed by atoms with van der Waals surface area (Å²) in [6.45, 7) is 1.85. The number of rotatable bonds is 2. The van der Waals surface area contributed by atoms with Crippen molar-refractivity contribution in [3.63, 3.8) is 0 Å². The van der Waals surface area contributed by atoms with E-state index < -0.39 is 0 Å². The van der Waals surface area contributed by atoms with Gasteiger partial charge in [0.25, 0.3) is 0 Å². The van der Waals surface area contributed by atoms with Crippen LogP contribution in [0, 0.1) is 9.39 Å². The Labute approximate surface area is 118 Å². The van der Waals surface area contributed by atoms with Gasteiger partial charge >= 0.3 is 0 Å². The lowest BCUT2D eigenvalue weighted by Gasteiger charge is -2.19. The van der Waals surface area contributed by atoms with Crippen LogP contribution in [-0.4, -0.2) is 23.8 Å². The fourth-order valence-electron chi connectivity index (χ4n) is 1.76. The van der Waals surface area contributed by atoms with E-state index >= 15 is 0 Å². The van der Waals surface area contributed by atoms with E-state index in [4.69, 9.17) is 11.6 Å². The Morgan fingerprint density at radius 1 is 1.47 bits per heavy atom. The summed E-state index contributed by atoms with van der Waals surface area (Å²) in [7, 11) is 3.75. The largest absolute Gasteiger partial charge is 0.317 e. The van der Waals surface area contributed by atoms with E-state index in [9.17, 15) is 4.39 Å². The third-order valence-corrected chi connectivity index (χ3v) is 3.48. The molecule has 0 aliphatic rings. The van der Waals surface area contributed by atoms with Gasteiger partial charge in [0.1, 0.15) is 11.6 Å². The van der Waals surface area contributed by atoms with Crippen molar-refractivity contribution in [2.45, 2.75) is 12.3 Å². The lowest BCUT2D eigenvalue weighted by molar-refractivity contribution is 0.620. The van der Waals surface area contributed by atoms with Gasteiger partial charge < -0.3 is 5.01 Å². The maximum absolute atomic E-state index is 13.6. The van der Waals surface area contributed by atoms with Crippen molar-refractivity contribution in [2.24, 2.45) is 0 Å². The topological polar surface area (TPSA) is 21.1 Å². The minimum atomic E-state index is -0.241. The van der Waals surface area contributed by atoms with Crippen molar-refractivity contribution >= 4 is 45.2 Å². The van der Waals surface area contributed by atoms with Crippen molar-refractivity contribution in [3.05, 3.63) is 27.3 Å². The van der Waals surface area contributed by atoms with Crippen LogP contribution in [0.25, 0.3) is 11.0 Å². The molecule has 1 heterocycles. The van der Waals surface area contributed by atoms with Crippen LogP contribution in [0.1, 0.15) is 18.1 Å². The summed E-state index contributed by atoms with van der Waals surface area (Å²) >= 11 is 8.06. The van der Waals surface area contributed by atoms with Gasteiger partial charge in [0, 0.05) is 20.2 Å². The molecule has 0 saturated heterocycles. The maximum atomic E-state index is 13.6. The Balaban J connectivity index is 2.80. The molecule has 17 heavy (non-hydrogen) atoms. The summed E-state index contributed by atoms with van der Waals surface area (Å²) in [6.07, 6.45) is 0. The average Bonchev–Trinajstić information content (AvgIpc) is 2.57. The zero-order valence-corrected chi connectivity index (χ0v) is 12.6. The Kier molecular flexibility index (Phi) is 3.49. The van der Waals surface area contributed by atoms with Gasteiger partial charge in [-0.2, -0.15) is 0 Å². The second-order valence-corrected chi connectivity index (χ2v) is 5.82. The van der Waals surface area contributed by atoms with E-state index in [1.807, 2.05) is 53.3 Å². The first kappa shape index (κ1) is 12.9. The Bertz CT molecular complexity index is 565. The van der Waals surface area contributed by atoms with Crippen LogP contribution in [0.5, 0.6) is 0 Å². The van der Waals surface area contributed by atoms with Gasteiger partial charge in [-0.25, -0.2) is 14.1 Å². The second kappa shape index (κ2) is 4.61. The SMILES string of the molecule is CC(Cl)c1nc2cc(I)c(F)cc2n1N(C)C. The van der Waals surface area contributed by atoms with Gasteiger partial charge in [0.2, 0.25) is 0 Å². The molecule has 3 nitrogen and oxygen atoms in total. The molecule has 1 atom stereocenters. The average molecular weight is 368 g/mol. The number of halogens is 3. The second-order valence-electron chi connectivity index (χ2n) is 4.00. The Hall–Kier alpha value is -0.560. The molecule has 2 aromatic rings. The smallest absolute Gasteiger partial charge is 0.146 e. The molecule has 0 spiro atoms. The molecular formula is C11H12ClFIN3. The van der Waals surface area contributed by atoms with Crippen molar-refractivity contribution < 1.29 is 4.39 Å². The highest BCUT2D eigenvalue weighted by Crippen LogP contribution is 2.26. The van der Waals surface area contributed by atoms with E-state index in [1.54, 1.807) is 6.07 Å². The molecule has 0 amide bonds. The van der Waals surface area contributed by atoms with Crippen LogP contribution in [0.4, 0.5) is 4.39 Å².